The maximum absolute atomic E-state index is 13.7. The van der Waals surface area contributed by atoms with Crippen molar-refractivity contribution >= 4 is 23.3 Å². The molecular weight excluding hydrogens is 379 g/mol. The highest BCUT2D eigenvalue weighted by molar-refractivity contribution is 6.33. The molecule has 0 unspecified atom stereocenters. The fraction of sp³-hybridized carbons (Fsp3) is 0.182. The highest BCUT2D eigenvalue weighted by Crippen LogP contribution is 2.36. The predicted octanol–water partition coefficient (Wildman–Crippen LogP) is 5.75. The average Bonchev–Trinajstić information content (AvgIpc) is 3.17. The van der Waals surface area contributed by atoms with Crippen LogP contribution in [0, 0.1) is 5.82 Å². The first-order chi connectivity index (χ1) is 13.6. The van der Waals surface area contributed by atoms with E-state index in [1.165, 1.54) is 18.2 Å². The van der Waals surface area contributed by atoms with Gasteiger partial charge in [0.25, 0.3) is 5.91 Å². The van der Waals surface area contributed by atoms with Crippen molar-refractivity contribution in [1.29, 1.82) is 0 Å². The van der Waals surface area contributed by atoms with Gasteiger partial charge in [-0.25, -0.2) is 9.37 Å². The van der Waals surface area contributed by atoms with E-state index in [-0.39, 0.29) is 5.56 Å². The summed E-state index contributed by atoms with van der Waals surface area (Å²) >= 11 is 6.34. The van der Waals surface area contributed by atoms with E-state index in [0.717, 1.165) is 28.9 Å². The van der Waals surface area contributed by atoms with Crippen LogP contribution in [0.4, 0.5) is 10.2 Å². The molecule has 0 aliphatic carbocycles. The molecule has 28 heavy (non-hydrogen) atoms. The predicted molar refractivity (Wildman–Crippen MR) is 110 cm³/mol. The number of rotatable bonds is 3. The minimum absolute atomic E-state index is 0.0277. The Labute approximate surface area is 168 Å². The van der Waals surface area contributed by atoms with Crippen molar-refractivity contribution < 1.29 is 13.9 Å². The van der Waals surface area contributed by atoms with Gasteiger partial charge in [0.05, 0.1) is 17.2 Å². The molecule has 0 atom stereocenters. The summed E-state index contributed by atoms with van der Waals surface area (Å²) in [4.78, 5) is 16.4. The van der Waals surface area contributed by atoms with E-state index in [9.17, 15) is 9.18 Å². The number of nitrogens with zero attached hydrogens (tertiary/aromatic N) is 1. The van der Waals surface area contributed by atoms with E-state index >= 15 is 0 Å². The number of ether oxygens (including phenoxy) is 1. The molecule has 0 saturated heterocycles. The number of anilines is 1. The van der Waals surface area contributed by atoms with Gasteiger partial charge >= 0.3 is 0 Å². The molecule has 0 spiro atoms. The van der Waals surface area contributed by atoms with Crippen LogP contribution in [0.15, 0.2) is 54.7 Å². The maximum Gasteiger partial charge on any atom is 0.259 e. The zero-order chi connectivity index (χ0) is 20.1. The van der Waals surface area contributed by atoms with Crippen LogP contribution in [0.1, 0.15) is 29.8 Å². The molecule has 0 radical (unpaired) electrons. The molecular formula is C22H20ClFN2O2. The van der Waals surface area contributed by atoms with E-state index in [4.69, 9.17) is 16.3 Å². The number of amides is 1. The number of hydrogen-bond donors (Lipinski definition) is 1. The third-order valence-corrected chi connectivity index (χ3v) is 4.53. The van der Waals surface area contributed by atoms with Crippen LogP contribution in [0.3, 0.4) is 0 Å². The second-order valence-corrected chi connectivity index (χ2v) is 6.31. The molecule has 1 N–H and O–H groups in total. The Hall–Kier alpha value is -2.92. The molecule has 1 aliphatic rings. The first kappa shape index (κ1) is 19.8. The van der Waals surface area contributed by atoms with Gasteiger partial charge in [-0.3, -0.25) is 4.79 Å². The lowest BCUT2D eigenvalue weighted by molar-refractivity contribution is 0.102. The molecule has 144 valence electrons. The third kappa shape index (κ3) is 4.15. The Morgan fingerprint density at radius 3 is 2.68 bits per heavy atom. The van der Waals surface area contributed by atoms with Crippen molar-refractivity contribution in [2.45, 2.75) is 20.3 Å². The number of aromatic nitrogens is 1. The molecule has 1 amide bonds. The fourth-order valence-electron chi connectivity index (χ4n) is 2.88. The van der Waals surface area contributed by atoms with Crippen molar-refractivity contribution in [1.82, 2.24) is 4.98 Å². The van der Waals surface area contributed by atoms with Gasteiger partial charge in [-0.05, 0) is 42.0 Å². The molecule has 2 heterocycles. The van der Waals surface area contributed by atoms with Crippen LogP contribution in [-0.2, 0) is 6.42 Å². The summed E-state index contributed by atoms with van der Waals surface area (Å²) in [6.07, 6.45) is 2.48. The minimum Gasteiger partial charge on any atom is -0.493 e. The van der Waals surface area contributed by atoms with Crippen LogP contribution < -0.4 is 10.1 Å². The second-order valence-electron chi connectivity index (χ2n) is 5.90. The van der Waals surface area contributed by atoms with Gasteiger partial charge in [-0.1, -0.05) is 37.6 Å². The molecule has 1 aliphatic heterocycles. The van der Waals surface area contributed by atoms with Gasteiger partial charge in [-0.2, -0.15) is 0 Å². The van der Waals surface area contributed by atoms with E-state index in [0.29, 0.717) is 17.4 Å². The van der Waals surface area contributed by atoms with Crippen LogP contribution in [-0.4, -0.2) is 17.5 Å². The standard InChI is InChI=1S/C20H14ClFN2O2.C2H6/c21-16-10-18-12(7-8-26-18)9-15(16)13-5-6-19(23-11-13)24-20(25)14-3-1-2-4-17(14)22;1-2/h1-6,9-11H,7-8H2,(H,23,24,25);1-2H3. The Balaban J connectivity index is 0.00000109. The van der Waals surface area contributed by atoms with E-state index < -0.39 is 11.7 Å². The molecule has 0 saturated carbocycles. The smallest absolute Gasteiger partial charge is 0.259 e. The van der Waals surface area contributed by atoms with Gasteiger partial charge < -0.3 is 10.1 Å². The molecule has 6 heteroatoms. The lowest BCUT2D eigenvalue weighted by atomic mass is 10.0. The summed E-state index contributed by atoms with van der Waals surface area (Å²) in [6, 6.07) is 13.1. The zero-order valence-corrected chi connectivity index (χ0v) is 16.4. The molecule has 3 aromatic rings. The maximum atomic E-state index is 13.7. The van der Waals surface area contributed by atoms with Gasteiger partial charge in [-0.15, -0.1) is 0 Å². The fourth-order valence-corrected chi connectivity index (χ4v) is 3.14. The first-order valence-corrected chi connectivity index (χ1v) is 9.47. The number of halogens is 2. The van der Waals surface area contributed by atoms with Crippen molar-refractivity contribution in [3.8, 4) is 16.9 Å². The number of pyridine rings is 1. The van der Waals surface area contributed by atoms with Gasteiger partial charge in [0.2, 0.25) is 0 Å². The molecule has 4 nitrogen and oxygen atoms in total. The van der Waals surface area contributed by atoms with Crippen LogP contribution >= 0.6 is 11.6 Å². The summed E-state index contributed by atoms with van der Waals surface area (Å²) in [5.74, 6) is 0.0351. The van der Waals surface area contributed by atoms with Crippen LogP contribution in [0.2, 0.25) is 5.02 Å². The molecule has 0 bridgehead atoms. The van der Waals surface area contributed by atoms with Gasteiger partial charge in [0.1, 0.15) is 17.4 Å². The normalized spacial score (nSPS) is 11.7. The van der Waals surface area contributed by atoms with Crippen molar-refractivity contribution in [3.63, 3.8) is 0 Å². The summed E-state index contributed by atoms with van der Waals surface area (Å²) in [5, 5.41) is 3.17. The number of benzene rings is 2. The van der Waals surface area contributed by atoms with Crippen molar-refractivity contribution in [3.05, 3.63) is 76.7 Å². The topological polar surface area (TPSA) is 51.2 Å². The van der Waals surface area contributed by atoms with Crippen molar-refractivity contribution in [2.75, 3.05) is 11.9 Å². The Bertz CT molecular complexity index is 990. The molecule has 1 aromatic heterocycles. The van der Waals surface area contributed by atoms with Crippen LogP contribution in [0.5, 0.6) is 5.75 Å². The summed E-state index contributed by atoms with van der Waals surface area (Å²) in [7, 11) is 0. The number of carbonyl (C=O) groups excluding carboxylic acids is 1. The van der Waals surface area contributed by atoms with Gasteiger partial charge in [0, 0.05) is 23.7 Å². The summed E-state index contributed by atoms with van der Waals surface area (Å²) in [6.45, 7) is 4.66. The monoisotopic (exact) mass is 398 g/mol. The lowest BCUT2D eigenvalue weighted by Crippen LogP contribution is -2.14. The molecule has 0 fully saturated rings. The molecule has 2 aromatic carbocycles. The number of hydrogen-bond acceptors (Lipinski definition) is 3. The number of nitrogens with one attached hydrogen (secondary N) is 1. The minimum atomic E-state index is -0.575. The third-order valence-electron chi connectivity index (χ3n) is 4.21. The lowest BCUT2D eigenvalue weighted by Gasteiger charge is -2.09. The summed E-state index contributed by atoms with van der Waals surface area (Å²) in [5.41, 5.74) is 2.77. The average molecular weight is 399 g/mol. The van der Waals surface area contributed by atoms with Crippen LogP contribution in [0.25, 0.3) is 11.1 Å². The largest absolute Gasteiger partial charge is 0.493 e. The van der Waals surface area contributed by atoms with E-state index in [1.807, 2.05) is 32.0 Å². The highest BCUT2D eigenvalue weighted by Gasteiger charge is 2.17. The summed E-state index contributed by atoms with van der Waals surface area (Å²) < 4.78 is 19.2. The quantitative estimate of drug-likeness (QED) is 0.610. The number of fused-ring (bicyclic) bond motifs is 1. The Morgan fingerprint density at radius 2 is 1.96 bits per heavy atom. The zero-order valence-electron chi connectivity index (χ0n) is 15.6. The Morgan fingerprint density at radius 1 is 1.18 bits per heavy atom. The number of carbonyl (C=O) groups is 1. The van der Waals surface area contributed by atoms with E-state index in [1.54, 1.807) is 18.3 Å². The first-order valence-electron chi connectivity index (χ1n) is 9.09. The SMILES string of the molecule is CC.O=C(Nc1ccc(-c2cc3c(cc2Cl)OCC3)cn1)c1ccccc1F. The Kier molecular flexibility index (Phi) is 6.26. The highest BCUT2D eigenvalue weighted by atomic mass is 35.5. The van der Waals surface area contributed by atoms with Gasteiger partial charge in [0.15, 0.2) is 0 Å². The van der Waals surface area contributed by atoms with Crippen molar-refractivity contribution in [2.24, 2.45) is 0 Å². The molecule has 4 rings (SSSR count). The van der Waals surface area contributed by atoms with E-state index in [2.05, 4.69) is 10.3 Å². The second kappa shape index (κ2) is 8.85.